The third-order valence-corrected chi connectivity index (χ3v) is 5.66. The van der Waals surface area contributed by atoms with Gasteiger partial charge in [-0.25, -0.2) is 8.78 Å². The zero-order chi connectivity index (χ0) is 23.3. The molecular formula is C27H38F2N2. The van der Waals surface area contributed by atoms with E-state index in [9.17, 15) is 8.78 Å². The molecule has 0 heterocycles. The summed E-state index contributed by atoms with van der Waals surface area (Å²) in [6.07, 6.45) is 15.6. The number of rotatable bonds is 6. The summed E-state index contributed by atoms with van der Waals surface area (Å²) in [7, 11) is 0. The van der Waals surface area contributed by atoms with E-state index in [2.05, 4.69) is 56.3 Å². The SMILES string of the molecule is C#C.CC(C)c1cccc(C2(NCCCN)CCCCC2)c1.Cc1cc(F)cc(F)c1. The molecule has 1 saturated carbocycles. The number of nitrogens with two attached hydrogens (primary N) is 1. The first-order valence-corrected chi connectivity index (χ1v) is 11.2. The van der Waals surface area contributed by atoms with E-state index >= 15 is 0 Å². The van der Waals surface area contributed by atoms with Crippen LogP contribution < -0.4 is 11.1 Å². The van der Waals surface area contributed by atoms with Gasteiger partial charge < -0.3 is 11.1 Å². The van der Waals surface area contributed by atoms with Crippen molar-refractivity contribution in [1.82, 2.24) is 5.32 Å². The van der Waals surface area contributed by atoms with Gasteiger partial charge in [0, 0.05) is 11.6 Å². The Balaban J connectivity index is 0.000000365. The first-order chi connectivity index (χ1) is 14.9. The lowest BCUT2D eigenvalue weighted by atomic mass is 9.75. The number of halogens is 2. The quantitative estimate of drug-likeness (QED) is 0.411. The molecule has 1 aliphatic rings. The molecule has 0 unspecified atom stereocenters. The fourth-order valence-corrected chi connectivity index (χ4v) is 4.04. The second kappa shape index (κ2) is 14.0. The summed E-state index contributed by atoms with van der Waals surface area (Å²) < 4.78 is 24.4. The highest BCUT2D eigenvalue weighted by molar-refractivity contribution is 5.32. The second-order valence-electron chi connectivity index (χ2n) is 8.44. The second-order valence-corrected chi connectivity index (χ2v) is 8.44. The molecule has 0 radical (unpaired) electrons. The summed E-state index contributed by atoms with van der Waals surface area (Å²) in [6, 6.07) is 12.6. The molecule has 4 heteroatoms. The van der Waals surface area contributed by atoms with Crippen LogP contribution in [0.5, 0.6) is 0 Å². The van der Waals surface area contributed by atoms with E-state index in [1.54, 1.807) is 6.92 Å². The predicted octanol–water partition coefficient (Wildman–Crippen LogP) is 6.43. The molecule has 0 atom stereocenters. The molecule has 0 aromatic heterocycles. The molecule has 31 heavy (non-hydrogen) atoms. The zero-order valence-corrected chi connectivity index (χ0v) is 19.3. The summed E-state index contributed by atoms with van der Waals surface area (Å²) in [5, 5.41) is 3.84. The Morgan fingerprint density at radius 1 is 1.00 bits per heavy atom. The smallest absolute Gasteiger partial charge is 0.126 e. The third kappa shape index (κ3) is 8.81. The monoisotopic (exact) mass is 428 g/mol. The number of terminal acetylenes is 1. The van der Waals surface area contributed by atoms with Crippen molar-refractivity contribution in [3.05, 3.63) is 70.8 Å². The maximum atomic E-state index is 12.2. The topological polar surface area (TPSA) is 38.0 Å². The highest BCUT2D eigenvalue weighted by atomic mass is 19.1. The molecule has 2 nitrogen and oxygen atoms in total. The molecule has 2 aromatic carbocycles. The summed E-state index contributed by atoms with van der Waals surface area (Å²) in [4.78, 5) is 0. The molecule has 0 amide bonds. The molecule has 170 valence electrons. The number of benzene rings is 2. The zero-order valence-electron chi connectivity index (χ0n) is 19.3. The Morgan fingerprint density at radius 3 is 2.13 bits per heavy atom. The van der Waals surface area contributed by atoms with Gasteiger partial charge in [0.1, 0.15) is 11.6 Å². The van der Waals surface area contributed by atoms with Crippen LogP contribution in [0.3, 0.4) is 0 Å². The van der Waals surface area contributed by atoms with Gasteiger partial charge in [-0.15, -0.1) is 12.8 Å². The minimum absolute atomic E-state index is 0.193. The van der Waals surface area contributed by atoms with Gasteiger partial charge in [0.2, 0.25) is 0 Å². The molecule has 0 aliphatic heterocycles. The van der Waals surface area contributed by atoms with E-state index in [0.29, 0.717) is 11.5 Å². The lowest BCUT2D eigenvalue weighted by molar-refractivity contribution is 0.233. The van der Waals surface area contributed by atoms with Gasteiger partial charge in [-0.1, -0.05) is 57.4 Å². The van der Waals surface area contributed by atoms with Gasteiger partial charge in [-0.2, -0.15) is 0 Å². The summed E-state index contributed by atoms with van der Waals surface area (Å²) >= 11 is 0. The van der Waals surface area contributed by atoms with Crippen LogP contribution in [0.1, 0.15) is 75.0 Å². The third-order valence-electron chi connectivity index (χ3n) is 5.66. The average Bonchev–Trinajstić information content (AvgIpc) is 2.75. The van der Waals surface area contributed by atoms with Crippen molar-refractivity contribution in [3.8, 4) is 12.8 Å². The number of aryl methyl sites for hydroxylation is 1. The summed E-state index contributed by atoms with van der Waals surface area (Å²) in [5.74, 6) is -0.445. The van der Waals surface area contributed by atoms with Crippen molar-refractivity contribution in [2.24, 2.45) is 5.73 Å². The Bertz CT molecular complexity index is 742. The van der Waals surface area contributed by atoms with Crippen molar-refractivity contribution in [2.75, 3.05) is 13.1 Å². The first kappa shape index (κ1) is 26.8. The Hall–Kier alpha value is -2.22. The van der Waals surface area contributed by atoms with Gasteiger partial charge in [0.25, 0.3) is 0 Å². The van der Waals surface area contributed by atoms with Crippen molar-refractivity contribution in [1.29, 1.82) is 0 Å². The van der Waals surface area contributed by atoms with Gasteiger partial charge in [0.05, 0.1) is 0 Å². The van der Waals surface area contributed by atoms with E-state index in [-0.39, 0.29) is 5.54 Å². The van der Waals surface area contributed by atoms with Gasteiger partial charge in [0.15, 0.2) is 0 Å². The van der Waals surface area contributed by atoms with Gasteiger partial charge >= 0.3 is 0 Å². The van der Waals surface area contributed by atoms with Crippen molar-refractivity contribution < 1.29 is 8.78 Å². The molecule has 1 fully saturated rings. The maximum absolute atomic E-state index is 12.2. The van der Waals surface area contributed by atoms with Crippen LogP contribution in [0.4, 0.5) is 8.78 Å². The standard InChI is InChI=1S/C18H30N2.C7H6F2.C2H2/c1-15(2)16-8-6-9-17(14-16)18(20-13-7-12-19)10-4-3-5-11-18;1-5-2-6(8)4-7(9)3-5;1-2/h6,8-9,14-15,20H,3-5,7,10-13,19H2,1-2H3;2-4H,1H3;1-2H. The van der Waals surface area contributed by atoms with Gasteiger partial charge in [-0.05, 0) is 74.0 Å². The molecule has 1 aliphatic carbocycles. The minimum atomic E-state index is -0.521. The van der Waals surface area contributed by atoms with E-state index in [1.165, 1.54) is 55.4 Å². The van der Waals surface area contributed by atoms with Gasteiger partial charge in [-0.3, -0.25) is 0 Å². The van der Waals surface area contributed by atoms with Crippen LogP contribution in [-0.4, -0.2) is 13.1 Å². The van der Waals surface area contributed by atoms with Crippen LogP contribution in [-0.2, 0) is 5.54 Å². The molecule has 0 bridgehead atoms. The van der Waals surface area contributed by atoms with Crippen LogP contribution in [0.2, 0.25) is 0 Å². The van der Waals surface area contributed by atoms with Crippen molar-refractivity contribution >= 4 is 0 Å². The largest absolute Gasteiger partial charge is 0.330 e. The Labute approximate surface area is 187 Å². The van der Waals surface area contributed by atoms with E-state index < -0.39 is 11.6 Å². The van der Waals surface area contributed by atoms with Crippen molar-refractivity contribution in [2.45, 2.75) is 70.8 Å². The first-order valence-electron chi connectivity index (χ1n) is 11.2. The van der Waals surface area contributed by atoms with Crippen LogP contribution >= 0.6 is 0 Å². The number of hydrogen-bond donors (Lipinski definition) is 2. The maximum Gasteiger partial charge on any atom is 0.126 e. The summed E-state index contributed by atoms with van der Waals surface area (Å²) in [6.45, 7) is 7.99. The fourth-order valence-electron chi connectivity index (χ4n) is 4.04. The Kier molecular flexibility index (Phi) is 12.1. The lowest BCUT2D eigenvalue weighted by Gasteiger charge is -2.39. The molecule has 2 aromatic rings. The van der Waals surface area contributed by atoms with E-state index in [1.807, 2.05) is 0 Å². The molecular weight excluding hydrogens is 390 g/mol. The fraction of sp³-hybridized carbons (Fsp3) is 0.481. The minimum Gasteiger partial charge on any atom is -0.330 e. The normalized spacial score (nSPS) is 14.7. The molecule has 3 N–H and O–H groups in total. The Morgan fingerprint density at radius 2 is 1.61 bits per heavy atom. The average molecular weight is 429 g/mol. The highest BCUT2D eigenvalue weighted by Crippen LogP contribution is 2.38. The van der Waals surface area contributed by atoms with E-state index in [4.69, 9.17) is 5.73 Å². The lowest BCUT2D eigenvalue weighted by Crippen LogP contribution is -2.44. The number of hydrogen-bond acceptors (Lipinski definition) is 2. The molecule has 0 saturated heterocycles. The van der Waals surface area contributed by atoms with Crippen molar-refractivity contribution in [3.63, 3.8) is 0 Å². The van der Waals surface area contributed by atoms with E-state index in [0.717, 1.165) is 25.6 Å². The number of nitrogens with one attached hydrogen (secondary N) is 1. The van der Waals surface area contributed by atoms with Crippen LogP contribution in [0.25, 0.3) is 0 Å². The highest BCUT2D eigenvalue weighted by Gasteiger charge is 2.33. The molecule has 3 rings (SSSR count). The van der Waals surface area contributed by atoms with Crippen LogP contribution in [0, 0.1) is 31.4 Å². The molecule has 0 spiro atoms. The predicted molar refractivity (Wildman–Crippen MR) is 128 cm³/mol. The summed E-state index contributed by atoms with van der Waals surface area (Å²) in [5.41, 5.74) is 9.39. The van der Waals surface area contributed by atoms with Crippen LogP contribution in [0.15, 0.2) is 42.5 Å².